The number of amides is 1. The molecule has 1 unspecified atom stereocenters. The van der Waals surface area contributed by atoms with Crippen LogP contribution < -0.4 is 10.9 Å². The van der Waals surface area contributed by atoms with Crippen molar-refractivity contribution in [2.75, 3.05) is 5.75 Å². The van der Waals surface area contributed by atoms with E-state index >= 15 is 0 Å². The van der Waals surface area contributed by atoms with Gasteiger partial charge in [-0.05, 0) is 42.2 Å². The van der Waals surface area contributed by atoms with Crippen LogP contribution in [0.2, 0.25) is 0 Å². The molecule has 1 atom stereocenters. The second kappa shape index (κ2) is 11.0. The quantitative estimate of drug-likeness (QED) is 0.248. The molecule has 2 aromatic carbocycles. The third kappa shape index (κ3) is 5.40. The lowest BCUT2D eigenvalue weighted by molar-refractivity contribution is -0.119. The first-order chi connectivity index (χ1) is 16.9. The van der Waals surface area contributed by atoms with E-state index in [0.29, 0.717) is 22.9 Å². The Morgan fingerprint density at radius 3 is 2.54 bits per heavy atom. The number of para-hydroxylation sites is 1. The summed E-state index contributed by atoms with van der Waals surface area (Å²) in [6, 6.07) is 13.4. The third-order valence-corrected chi connectivity index (χ3v) is 6.94. The number of carbonyl (C=O) groups is 1. The summed E-state index contributed by atoms with van der Waals surface area (Å²) in [6.45, 7) is 6.71. The Morgan fingerprint density at radius 1 is 1.09 bits per heavy atom. The predicted octanol–water partition coefficient (Wildman–Crippen LogP) is 4.98. The van der Waals surface area contributed by atoms with Gasteiger partial charge in [-0.1, -0.05) is 69.6 Å². The summed E-state index contributed by atoms with van der Waals surface area (Å²) >= 11 is 1.28. The second-order valence-corrected chi connectivity index (χ2v) is 9.87. The van der Waals surface area contributed by atoms with Gasteiger partial charge in [0.05, 0.1) is 22.7 Å². The highest BCUT2D eigenvalue weighted by Gasteiger charge is 2.21. The first-order valence-corrected chi connectivity index (χ1v) is 12.9. The maximum Gasteiger partial charge on any atom is 0.262 e. The Labute approximate surface area is 207 Å². The molecule has 184 valence electrons. The van der Waals surface area contributed by atoms with Crippen LogP contribution in [0.1, 0.15) is 51.6 Å². The topological polar surface area (TPSA) is 81.3 Å². The standard InChI is InChI=1S/C26H30FN5O2S/c1-4-5-8-15-31-24(34)20-9-6-7-10-21(20)32-25(31)29-30-26(32)35-16-22(33)28-23(17(2)3)18-11-13-19(27)14-12-18/h6-7,9-14,17,23H,4-5,8,15-16H2,1-3H3,(H,28,33). The molecule has 0 saturated heterocycles. The van der Waals surface area contributed by atoms with Crippen molar-refractivity contribution in [3.05, 3.63) is 70.3 Å². The lowest BCUT2D eigenvalue weighted by atomic mass is 9.96. The van der Waals surface area contributed by atoms with E-state index in [9.17, 15) is 14.0 Å². The summed E-state index contributed by atoms with van der Waals surface area (Å²) in [6.07, 6.45) is 2.95. The molecule has 7 nitrogen and oxygen atoms in total. The number of hydrogen-bond acceptors (Lipinski definition) is 5. The van der Waals surface area contributed by atoms with Crippen LogP contribution in [0.25, 0.3) is 16.7 Å². The van der Waals surface area contributed by atoms with Gasteiger partial charge >= 0.3 is 0 Å². The summed E-state index contributed by atoms with van der Waals surface area (Å²) in [5.41, 5.74) is 1.50. The Balaban J connectivity index is 1.59. The van der Waals surface area contributed by atoms with Crippen molar-refractivity contribution in [2.24, 2.45) is 5.92 Å². The van der Waals surface area contributed by atoms with Crippen LogP contribution in [0.5, 0.6) is 0 Å². The van der Waals surface area contributed by atoms with Gasteiger partial charge in [0.15, 0.2) is 5.16 Å². The van der Waals surface area contributed by atoms with Gasteiger partial charge in [-0.2, -0.15) is 0 Å². The molecule has 0 radical (unpaired) electrons. The number of hydrogen-bond donors (Lipinski definition) is 1. The minimum absolute atomic E-state index is 0.0787. The van der Waals surface area contributed by atoms with Gasteiger partial charge in [0.1, 0.15) is 5.82 Å². The normalized spacial score (nSPS) is 12.5. The first-order valence-electron chi connectivity index (χ1n) is 11.9. The first kappa shape index (κ1) is 24.9. The largest absolute Gasteiger partial charge is 0.348 e. The Bertz CT molecular complexity index is 1380. The molecule has 4 aromatic rings. The van der Waals surface area contributed by atoms with Gasteiger partial charge in [0.25, 0.3) is 5.56 Å². The van der Waals surface area contributed by atoms with Gasteiger partial charge in [0, 0.05) is 6.54 Å². The van der Waals surface area contributed by atoms with Gasteiger partial charge in [0.2, 0.25) is 11.7 Å². The zero-order valence-electron chi connectivity index (χ0n) is 20.2. The highest BCUT2D eigenvalue weighted by molar-refractivity contribution is 7.99. The molecule has 2 aromatic heterocycles. The molecule has 0 aliphatic rings. The van der Waals surface area contributed by atoms with Crippen molar-refractivity contribution in [3.8, 4) is 0 Å². The molecule has 35 heavy (non-hydrogen) atoms. The summed E-state index contributed by atoms with van der Waals surface area (Å²) in [5, 5.41) is 12.9. The molecule has 2 heterocycles. The number of aryl methyl sites for hydroxylation is 1. The molecule has 4 rings (SSSR count). The van der Waals surface area contributed by atoms with Gasteiger partial charge < -0.3 is 5.32 Å². The number of unbranched alkanes of at least 4 members (excludes halogenated alkanes) is 2. The van der Waals surface area contributed by atoms with Crippen molar-refractivity contribution in [1.82, 2.24) is 24.5 Å². The van der Waals surface area contributed by atoms with E-state index in [-0.39, 0.29) is 35.0 Å². The number of thioether (sulfide) groups is 1. The molecule has 0 spiro atoms. The van der Waals surface area contributed by atoms with Crippen LogP contribution in [0.3, 0.4) is 0 Å². The fourth-order valence-electron chi connectivity index (χ4n) is 4.20. The molecular weight excluding hydrogens is 465 g/mol. The molecule has 0 aliphatic heterocycles. The average molecular weight is 496 g/mol. The number of benzene rings is 2. The van der Waals surface area contributed by atoms with Crippen molar-refractivity contribution in [2.45, 2.75) is 57.8 Å². The molecule has 0 fully saturated rings. The van der Waals surface area contributed by atoms with Crippen molar-refractivity contribution in [3.63, 3.8) is 0 Å². The molecule has 1 N–H and O–H groups in total. The summed E-state index contributed by atoms with van der Waals surface area (Å²) < 4.78 is 16.9. The maximum absolute atomic E-state index is 13.3. The van der Waals surface area contributed by atoms with Crippen LogP contribution in [-0.4, -0.2) is 30.8 Å². The molecule has 0 saturated carbocycles. The lowest BCUT2D eigenvalue weighted by Gasteiger charge is -2.23. The smallest absolute Gasteiger partial charge is 0.262 e. The molecule has 9 heteroatoms. The minimum Gasteiger partial charge on any atom is -0.348 e. The van der Waals surface area contributed by atoms with E-state index in [1.165, 1.54) is 23.9 Å². The number of aromatic nitrogens is 4. The monoisotopic (exact) mass is 495 g/mol. The van der Waals surface area contributed by atoms with E-state index < -0.39 is 0 Å². The number of carbonyl (C=O) groups excluding carboxylic acids is 1. The van der Waals surface area contributed by atoms with Crippen LogP contribution in [0.15, 0.2) is 58.5 Å². The third-order valence-electron chi connectivity index (χ3n) is 6.01. The SMILES string of the molecule is CCCCCn1c(=O)c2ccccc2n2c(SCC(=O)NC(c3ccc(F)cc3)C(C)C)nnc12. The van der Waals surface area contributed by atoms with Crippen LogP contribution in [0, 0.1) is 11.7 Å². The van der Waals surface area contributed by atoms with Crippen LogP contribution >= 0.6 is 11.8 Å². The number of fused-ring (bicyclic) bond motifs is 3. The Kier molecular flexibility index (Phi) is 7.85. The average Bonchev–Trinajstić information content (AvgIpc) is 3.28. The Morgan fingerprint density at radius 2 is 1.83 bits per heavy atom. The highest BCUT2D eigenvalue weighted by Crippen LogP contribution is 2.24. The summed E-state index contributed by atoms with van der Waals surface area (Å²) in [5.74, 6) is 0.283. The molecular formula is C26H30FN5O2S. The highest BCUT2D eigenvalue weighted by atomic mass is 32.2. The fourth-order valence-corrected chi connectivity index (χ4v) is 4.95. The lowest BCUT2D eigenvalue weighted by Crippen LogP contribution is -2.33. The number of nitrogens with zero attached hydrogens (tertiary/aromatic N) is 4. The van der Waals surface area contributed by atoms with E-state index in [1.54, 1.807) is 16.7 Å². The number of rotatable bonds is 10. The summed E-state index contributed by atoms with van der Waals surface area (Å²) in [7, 11) is 0. The molecule has 1 amide bonds. The maximum atomic E-state index is 13.3. The van der Waals surface area contributed by atoms with E-state index in [0.717, 1.165) is 30.3 Å². The van der Waals surface area contributed by atoms with E-state index in [2.05, 4.69) is 22.4 Å². The zero-order chi connectivity index (χ0) is 24.9. The zero-order valence-corrected chi connectivity index (χ0v) is 21.0. The Hall–Kier alpha value is -3.20. The van der Waals surface area contributed by atoms with Crippen LogP contribution in [0.4, 0.5) is 4.39 Å². The van der Waals surface area contributed by atoms with Gasteiger partial charge in [-0.25, -0.2) is 4.39 Å². The number of halogens is 1. The molecule has 0 aliphatic carbocycles. The van der Waals surface area contributed by atoms with Crippen molar-refractivity contribution < 1.29 is 9.18 Å². The second-order valence-electron chi connectivity index (χ2n) is 8.93. The van der Waals surface area contributed by atoms with Gasteiger partial charge in [-0.15, -0.1) is 10.2 Å². The van der Waals surface area contributed by atoms with Gasteiger partial charge in [-0.3, -0.25) is 18.6 Å². The number of nitrogens with one attached hydrogen (secondary N) is 1. The van der Waals surface area contributed by atoms with E-state index in [1.807, 2.05) is 42.5 Å². The fraction of sp³-hybridized carbons (Fsp3) is 0.385. The van der Waals surface area contributed by atoms with Crippen molar-refractivity contribution in [1.29, 1.82) is 0 Å². The molecule has 0 bridgehead atoms. The summed E-state index contributed by atoms with van der Waals surface area (Å²) in [4.78, 5) is 26.0. The predicted molar refractivity (Wildman–Crippen MR) is 137 cm³/mol. The van der Waals surface area contributed by atoms with E-state index in [4.69, 9.17) is 0 Å². The van der Waals surface area contributed by atoms with Crippen LogP contribution in [-0.2, 0) is 11.3 Å². The minimum atomic E-state index is -0.308. The van der Waals surface area contributed by atoms with Crippen molar-refractivity contribution >= 4 is 34.3 Å².